The highest BCUT2D eigenvalue weighted by Crippen LogP contribution is 2.11. The average Bonchev–Trinajstić information content (AvgIpc) is 2.58. The maximum Gasteiger partial charge on any atom is 0.238 e. The van der Waals surface area contributed by atoms with E-state index < -0.39 is 20.0 Å². The van der Waals surface area contributed by atoms with Crippen LogP contribution in [0.15, 0.2) is 53.4 Å². The maximum atomic E-state index is 12.8. The van der Waals surface area contributed by atoms with Gasteiger partial charge in [0.05, 0.1) is 17.3 Å². The molecule has 0 spiro atoms. The topological polar surface area (TPSA) is 116 Å². The first-order valence-corrected chi connectivity index (χ1v) is 10.8. The van der Waals surface area contributed by atoms with Crippen molar-refractivity contribution in [3.05, 3.63) is 59.9 Å². The van der Waals surface area contributed by atoms with E-state index in [1.807, 2.05) is 0 Å². The molecule has 0 fully saturated rings. The Morgan fingerprint density at radius 2 is 1.58 bits per heavy atom. The molecular weight excluding hydrogens is 383 g/mol. The molecule has 0 heterocycles. The number of nitrogens with one attached hydrogen (secondary N) is 1. The zero-order valence-corrected chi connectivity index (χ0v) is 15.4. The Labute approximate surface area is 152 Å². The van der Waals surface area contributed by atoms with E-state index in [0.29, 0.717) is 11.3 Å². The summed E-state index contributed by atoms with van der Waals surface area (Å²) < 4.78 is 66.8. The molecule has 0 saturated carbocycles. The van der Waals surface area contributed by atoms with Crippen LogP contribution in [0.25, 0.3) is 0 Å². The molecule has 2 aromatic rings. The molecule has 0 amide bonds. The number of benzene rings is 2. The highest BCUT2D eigenvalue weighted by atomic mass is 32.2. The van der Waals surface area contributed by atoms with E-state index in [9.17, 15) is 21.2 Å². The van der Waals surface area contributed by atoms with Gasteiger partial charge in [-0.3, -0.25) is 0 Å². The molecule has 2 rings (SSSR count). The number of primary sulfonamides is 1. The summed E-state index contributed by atoms with van der Waals surface area (Å²) in [6, 6.07) is 11.1. The molecule has 0 bridgehead atoms. The molecule has 26 heavy (non-hydrogen) atoms. The third-order valence-corrected chi connectivity index (χ3v) is 5.73. The van der Waals surface area contributed by atoms with Crippen molar-refractivity contribution in [3.63, 3.8) is 0 Å². The van der Waals surface area contributed by atoms with Gasteiger partial charge in [0.25, 0.3) is 0 Å². The number of halogens is 1. The van der Waals surface area contributed by atoms with Gasteiger partial charge in [0, 0.05) is 6.54 Å². The van der Waals surface area contributed by atoms with Crippen LogP contribution in [-0.2, 0) is 26.6 Å². The lowest BCUT2D eigenvalue weighted by atomic mass is 10.2. The molecule has 0 aliphatic carbocycles. The van der Waals surface area contributed by atoms with Gasteiger partial charge in [0.15, 0.2) is 0 Å². The van der Waals surface area contributed by atoms with Gasteiger partial charge in [-0.2, -0.15) is 0 Å². The average molecular weight is 402 g/mol. The predicted molar refractivity (Wildman–Crippen MR) is 95.0 cm³/mol. The van der Waals surface area contributed by atoms with E-state index in [1.54, 1.807) is 0 Å². The lowest BCUT2D eigenvalue weighted by molar-refractivity contribution is 0.317. The fraction of sp³-hybridized carbons (Fsp3) is 0.250. The number of hydrogen-bond donors (Lipinski definition) is 2. The van der Waals surface area contributed by atoms with Crippen LogP contribution in [0.2, 0.25) is 0 Å². The van der Waals surface area contributed by atoms with Crippen molar-refractivity contribution in [3.8, 4) is 5.75 Å². The molecule has 3 N–H and O–H groups in total. The monoisotopic (exact) mass is 402 g/mol. The summed E-state index contributed by atoms with van der Waals surface area (Å²) >= 11 is 0. The minimum absolute atomic E-state index is 0.0338. The van der Waals surface area contributed by atoms with E-state index in [4.69, 9.17) is 9.88 Å². The summed E-state index contributed by atoms with van der Waals surface area (Å²) in [5, 5.41) is 5.00. The van der Waals surface area contributed by atoms with Crippen molar-refractivity contribution >= 4 is 20.0 Å². The molecule has 0 unspecified atom stereocenters. The van der Waals surface area contributed by atoms with E-state index in [0.717, 1.165) is 0 Å². The Kier molecular flexibility index (Phi) is 6.70. The van der Waals surface area contributed by atoms with Crippen LogP contribution in [0.5, 0.6) is 5.75 Å². The second-order valence-electron chi connectivity index (χ2n) is 5.48. The molecule has 0 aromatic heterocycles. The summed E-state index contributed by atoms with van der Waals surface area (Å²) in [5.74, 6) is -0.0448. The molecule has 10 heteroatoms. The second-order valence-corrected chi connectivity index (χ2v) is 8.97. The molecule has 0 aliphatic rings. The minimum Gasteiger partial charge on any atom is -0.494 e. The summed E-state index contributed by atoms with van der Waals surface area (Å²) in [4.78, 5) is -0.0398. The van der Waals surface area contributed by atoms with Crippen molar-refractivity contribution < 1.29 is 26.0 Å². The molecular formula is C16H19FN2O5S2. The van der Waals surface area contributed by atoms with Crippen LogP contribution in [0.4, 0.5) is 4.39 Å². The van der Waals surface area contributed by atoms with Crippen molar-refractivity contribution in [2.24, 2.45) is 5.14 Å². The quantitative estimate of drug-likeness (QED) is 0.615. The molecule has 142 valence electrons. The Balaban J connectivity index is 1.77. The molecule has 0 radical (unpaired) electrons. The molecule has 0 aliphatic heterocycles. The van der Waals surface area contributed by atoms with Gasteiger partial charge in [-0.25, -0.2) is 31.1 Å². The smallest absolute Gasteiger partial charge is 0.238 e. The predicted octanol–water partition coefficient (Wildman–Crippen LogP) is 1.36. The van der Waals surface area contributed by atoms with Crippen LogP contribution in [0.3, 0.4) is 0 Å². The molecule has 7 nitrogen and oxygen atoms in total. The van der Waals surface area contributed by atoms with E-state index in [1.165, 1.54) is 48.5 Å². The molecule has 0 atom stereocenters. The zero-order valence-electron chi connectivity index (χ0n) is 13.8. The number of hydrogen-bond acceptors (Lipinski definition) is 5. The number of sulfonamides is 2. The standard InChI is InChI=1S/C16H19FN2O5S2/c17-14-4-6-15(7-5-14)24-10-1-11-25(20,21)19-12-13-2-8-16(9-3-13)26(18,22)23/h2-9,19H,1,10-12H2,(H2,18,22,23). The first-order chi connectivity index (χ1) is 12.2. The summed E-state index contributed by atoms with van der Waals surface area (Å²) in [6.07, 6.45) is 0.261. The van der Waals surface area contributed by atoms with E-state index in [2.05, 4.69) is 4.72 Å². The lowest BCUT2D eigenvalue weighted by Gasteiger charge is -2.09. The van der Waals surface area contributed by atoms with Gasteiger partial charge in [-0.1, -0.05) is 12.1 Å². The second kappa shape index (κ2) is 8.58. The normalized spacial score (nSPS) is 12.1. The lowest BCUT2D eigenvalue weighted by Crippen LogP contribution is -2.26. The summed E-state index contributed by atoms with van der Waals surface area (Å²) in [5.41, 5.74) is 0.600. The molecule has 2 aromatic carbocycles. The highest BCUT2D eigenvalue weighted by molar-refractivity contribution is 7.89. The number of rotatable bonds is 9. The maximum absolute atomic E-state index is 12.8. The Morgan fingerprint density at radius 1 is 0.962 bits per heavy atom. The first-order valence-electron chi connectivity index (χ1n) is 7.63. The summed E-state index contributed by atoms with van der Waals surface area (Å²) in [7, 11) is -7.29. The summed E-state index contributed by atoms with van der Waals surface area (Å²) in [6.45, 7) is 0.210. The van der Waals surface area contributed by atoms with Gasteiger partial charge in [-0.15, -0.1) is 0 Å². The third-order valence-electron chi connectivity index (χ3n) is 3.39. The third kappa shape index (κ3) is 6.71. The fourth-order valence-corrected chi connectivity index (χ4v) is 3.58. The zero-order chi connectivity index (χ0) is 19.2. The van der Waals surface area contributed by atoms with Crippen LogP contribution < -0.4 is 14.6 Å². The Bertz CT molecular complexity index is 928. The van der Waals surface area contributed by atoms with E-state index >= 15 is 0 Å². The SMILES string of the molecule is NS(=O)(=O)c1ccc(CNS(=O)(=O)CCCOc2ccc(F)cc2)cc1. The van der Waals surface area contributed by atoms with Gasteiger partial charge in [0.2, 0.25) is 20.0 Å². The van der Waals surface area contributed by atoms with Gasteiger partial charge in [0.1, 0.15) is 11.6 Å². The van der Waals surface area contributed by atoms with Crippen molar-refractivity contribution in [2.75, 3.05) is 12.4 Å². The van der Waals surface area contributed by atoms with Crippen LogP contribution in [0, 0.1) is 5.82 Å². The Hall–Kier alpha value is -2.01. The number of ether oxygens (including phenoxy) is 1. The highest BCUT2D eigenvalue weighted by Gasteiger charge is 2.11. The van der Waals surface area contributed by atoms with Crippen molar-refractivity contribution in [2.45, 2.75) is 17.9 Å². The van der Waals surface area contributed by atoms with Gasteiger partial charge in [-0.05, 0) is 48.4 Å². The van der Waals surface area contributed by atoms with Crippen LogP contribution in [0.1, 0.15) is 12.0 Å². The minimum atomic E-state index is -3.78. The first kappa shape index (κ1) is 20.3. The van der Waals surface area contributed by atoms with Crippen molar-refractivity contribution in [1.82, 2.24) is 4.72 Å². The largest absolute Gasteiger partial charge is 0.494 e. The molecule has 0 saturated heterocycles. The Morgan fingerprint density at radius 3 is 2.15 bits per heavy atom. The number of nitrogens with two attached hydrogens (primary N) is 1. The van der Waals surface area contributed by atoms with Crippen LogP contribution >= 0.6 is 0 Å². The van der Waals surface area contributed by atoms with Crippen molar-refractivity contribution in [1.29, 1.82) is 0 Å². The van der Waals surface area contributed by atoms with Gasteiger partial charge >= 0.3 is 0 Å². The fourth-order valence-electron chi connectivity index (χ4n) is 2.03. The van der Waals surface area contributed by atoms with Crippen LogP contribution in [-0.4, -0.2) is 29.2 Å². The van der Waals surface area contributed by atoms with E-state index in [-0.39, 0.29) is 36.0 Å². The van der Waals surface area contributed by atoms with Gasteiger partial charge < -0.3 is 4.74 Å².